The van der Waals surface area contributed by atoms with E-state index in [-0.39, 0.29) is 0 Å². The normalized spacial score (nSPS) is 12.4. The zero-order valence-corrected chi connectivity index (χ0v) is 14.3. The van der Waals surface area contributed by atoms with Crippen LogP contribution in [0.5, 0.6) is 0 Å². The van der Waals surface area contributed by atoms with Gasteiger partial charge in [-0.25, -0.2) is 0 Å². The van der Waals surface area contributed by atoms with E-state index in [2.05, 4.69) is 93.1 Å². The molecule has 24 heavy (non-hydrogen) atoms. The van der Waals surface area contributed by atoms with Crippen LogP contribution in [-0.2, 0) is 0 Å². The Morgan fingerprint density at radius 3 is 2.29 bits per heavy atom. The number of para-hydroxylation sites is 2. The molecule has 2 heterocycles. The van der Waals surface area contributed by atoms with E-state index in [0.717, 1.165) is 4.47 Å². The number of aromatic nitrogens is 1. The van der Waals surface area contributed by atoms with Crippen LogP contribution in [0.3, 0.4) is 0 Å². The van der Waals surface area contributed by atoms with Crippen LogP contribution < -0.4 is 0 Å². The summed E-state index contributed by atoms with van der Waals surface area (Å²) in [4.78, 5) is 0. The largest absolute Gasteiger partial charge is 0.308 e. The van der Waals surface area contributed by atoms with Crippen LogP contribution in [0.4, 0.5) is 0 Å². The minimum absolute atomic E-state index is 1.12. The van der Waals surface area contributed by atoms with Gasteiger partial charge in [0.15, 0.2) is 0 Å². The third-order valence-electron chi connectivity index (χ3n) is 5.14. The molecule has 0 radical (unpaired) electrons. The van der Waals surface area contributed by atoms with Crippen LogP contribution in [0.25, 0.3) is 48.9 Å². The first-order chi connectivity index (χ1) is 11.8. The molecule has 4 aromatic carbocycles. The highest BCUT2D eigenvalue weighted by atomic mass is 79.9. The van der Waals surface area contributed by atoms with Crippen molar-refractivity contribution in [2.75, 3.05) is 0 Å². The molecule has 6 aromatic rings. The average molecular weight is 370 g/mol. The average Bonchev–Trinajstić information content (AvgIpc) is 3.11. The zero-order chi connectivity index (χ0) is 15.8. The molecular weight excluding hydrogens is 358 g/mol. The van der Waals surface area contributed by atoms with E-state index in [1.165, 1.54) is 48.9 Å². The summed E-state index contributed by atoms with van der Waals surface area (Å²) in [7, 11) is 0. The Morgan fingerprint density at radius 1 is 0.583 bits per heavy atom. The first-order valence-corrected chi connectivity index (χ1v) is 8.87. The van der Waals surface area contributed by atoms with Gasteiger partial charge in [0.1, 0.15) is 0 Å². The lowest BCUT2D eigenvalue weighted by molar-refractivity contribution is 1.37. The summed E-state index contributed by atoms with van der Waals surface area (Å²) in [5, 5.41) is 7.88. The zero-order valence-electron chi connectivity index (χ0n) is 12.8. The molecule has 0 fully saturated rings. The predicted octanol–water partition coefficient (Wildman–Crippen LogP) is 6.75. The minimum atomic E-state index is 1.12. The molecule has 0 N–H and O–H groups in total. The van der Waals surface area contributed by atoms with E-state index < -0.39 is 0 Å². The van der Waals surface area contributed by atoms with Gasteiger partial charge in [-0.15, -0.1) is 0 Å². The highest BCUT2D eigenvalue weighted by Crippen LogP contribution is 2.40. The molecular formula is C22H12BrN. The second-order valence-corrected chi connectivity index (χ2v) is 7.33. The third-order valence-corrected chi connectivity index (χ3v) is 5.64. The Morgan fingerprint density at radius 2 is 1.38 bits per heavy atom. The van der Waals surface area contributed by atoms with Gasteiger partial charge in [0, 0.05) is 26.0 Å². The van der Waals surface area contributed by atoms with Crippen molar-refractivity contribution in [1.82, 2.24) is 4.40 Å². The molecule has 0 unspecified atom stereocenters. The standard InChI is InChI=1S/C22H12BrN/c23-15-9-8-13-11-19-18-6-3-5-17-16-4-1-2-7-20(16)24(22(17)18)21(19)12-14(13)10-15/h1-12H. The quantitative estimate of drug-likeness (QED) is 0.278. The topological polar surface area (TPSA) is 4.41 Å². The van der Waals surface area contributed by atoms with E-state index in [4.69, 9.17) is 0 Å². The SMILES string of the molecule is Brc1ccc2cc3c4cccc5c6ccccc6n(c3cc2c1)c54. The molecule has 0 saturated heterocycles. The smallest absolute Gasteiger partial charge is 0.0620 e. The Balaban J connectivity index is 2.00. The number of benzene rings is 4. The fraction of sp³-hybridized carbons (Fsp3) is 0. The lowest BCUT2D eigenvalue weighted by atomic mass is 10.0. The van der Waals surface area contributed by atoms with Crippen molar-refractivity contribution in [2.24, 2.45) is 0 Å². The molecule has 0 aliphatic heterocycles. The van der Waals surface area contributed by atoms with Crippen LogP contribution in [0.2, 0.25) is 0 Å². The third kappa shape index (κ3) is 1.45. The summed E-state index contributed by atoms with van der Waals surface area (Å²) in [6.07, 6.45) is 0. The van der Waals surface area contributed by atoms with Crippen molar-refractivity contribution >= 4 is 64.8 Å². The summed E-state index contributed by atoms with van der Waals surface area (Å²) < 4.78 is 3.54. The highest BCUT2D eigenvalue weighted by molar-refractivity contribution is 9.10. The monoisotopic (exact) mass is 369 g/mol. The van der Waals surface area contributed by atoms with Crippen molar-refractivity contribution in [3.8, 4) is 0 Å². The van der Waals surface area contributed by atoms with E-state index >= 15 is 0 Å². The maximum absolute atomic E-state index is 3.60. The molecule has 2 heteroatoms. The van der Waals surface area contributed by atoms with Crippen molar-refractivity contribution in [2.45, 2.75) is 0 Å². The molecule has 0 amide bonds. The van der Waals surface area contributed by atoms with Gasteiger partial charge in [0.2, 0.25) is 0 Å². The van der Waals surface area contributed by atoms with E-state index in [0.29, 0.717) is 0 Å². The van der Waals surface area contributed by atoms with Gasteiger partial charge in [-0.3, -0.25) is 0 Å². The number of nitrogens with zero attached hydrogens (tertiary/aromatic N) is 1. The fourth-order valence-corrected chi connectivity index (χ4v) is 4.52. The molecule has 6 rings (SSSR count). The Hall–Kier alpha value is -2.58. The van der Waals surface area contributed by atoms with Gasteiger partial charge in [0.05, 0.1) is 16.6 Å². The Kier molecular flexibility index (Phi) is 2.28. The number of hydrogen-bond acceptors (Lipinski definition) is 0. The number of fused-ring (bicyclic) bond motifs is 7. The summed E-state index contributed by atoms with van der Waals surface area (Å²) >= 11 is 3.60. The molecule has 112 valence electrons. The lowest BCUT2D eigenvalue weighted by Crippen LogP contribution is -1.81. The van der Waals surface area contributed by atoms with Crippen molar-refractivity contribution in [3.63, 3.8) is 0 Å². The molecule has 0 saturated carbocycles. The summed E-state index contributed by atoms with van der Waals surface area (Å²) in [6.45, 7) is 0. The maximum Gasteiger partial charge on any atom is 0.0620 e. The molecule has 0 bridgehead atoms. The van der Waals surface area contributed by atoms with Crippen molar-refractivity contribution in [1.29, 1.82) is 0 Å². The maximum atomic E-state index is 3.60. The molecule has 1 nitrogen and oxygen atoms in total. The molecule has 0 aliphatic carbocycles. The summed E-state index contributed by atoms with van der Waals surface area (Å²) in [6, 6.07) is 26.5. The summed E-state index contributed by atoms with van der Waals surface area (Å²) in [5.74, 6) is 0. The number of rotatable bonds is 0. The first-order valence-electron chi connectivity index (χ1n) is 8.07. The van der Waals surface area contributed by atoms with Crippen LogP contribution in [0.1, 0.15) is 0 Å². The Labute approximate surface area is 146 Å². The Bertz CT molecular complexity index is 1410. The number of hydrogen-bond donors (Lipinski definition) is 0. The number of halogens is 1. The molecule has 2 aromatic heterocycles. The van der Waals surface area contributed by atoms with Gasteiger partial charge in [-0.1, -0.05) is 58.4 Å². The van der Waals surface area contributed by atoms with Gasteiger partial charge in [0.25, 0.3) is 0 Å². The van der Waals surface area contributed by atoms with Crippen molar-refractivity contribution < 1.29 is 0 Å². The second kappa shape index (κ2) is 4.28. The predicted molar refractivity (Wildman–Crippen MR) is 106 cm³/mol. The molecule has 0 atom stereocenters. The van der Waals surface area contributed by atoms with Gasteiger partial charge in [-0.2, -0.15) is 0 Å². The van der Waals surface area contributed by atoms with E-state index in [1.54, 1.807) is 0 Å². The van der Waals surface area contributed by atoms with E-state index in [1.807, 2.05) is 0 Å². The fourth-order valence-electron chi connectivity index (χ4n) is 4.14. The van der Waals surface area contributed by atoms with Crippen LogP contribution in [-0.4, -0.2) is 4.40 Å². The van der Waals surface area contributed by atoms with Gasteiger partial charge < -0.3 is 4.40 Å². The highest BCUT2D eigenvalue weighted by Gasteiger charge is 2.16. The van der Waals surface area contributed by atoms with Crippen LogP contribution >= 0.6 is 15.9 Å². The molecule has 0 aliphatic rings. The molecule has 0 spiro atoms. The summed E-state index contributed by atoms with van der Waals surface area (Å²) in [5.41, 5.74) is 3.91. The van der Waals surface area contributed by atoms with Crippen LogP contribution in [0, 0.1) is 0 Å². The minimum Gasteiger partial charge on any atom is -0.308 e. The van der Waals surface area contributed by atoms with Gasteiger partial charge >= 0.3 is 0 Å². The lowest BCUT2D eigenvalue weighted by Gasteiger charge is -2.02. The van der Waals surface area contributed by atoms with E-state index in [9.17, 15) is 0 Å². The van der Waals surface area contributed by atoms with Crippen LogP contribution in [0.15, 0.2) is 77.3 Å². The second-order valence-electron chi connectivity index (χ2n) is 6.42. The first kappa shape index (κ1) is 12.8. The van der Waals surface area contributed by atoms with Crippen molar-refractivity contribution in [3.05, 3.63) is 77.3 Å². The van der Waals surface area contributed by atoms with Gasteiger partial charge in [-0.05, 0) is 41.1 Å².